The minimum Gasteiger partial charge on any atom is -0.487 e. The largest absolute Gasteiger partial charge is 0.487 e. The Morgan fingerprint density at radius 2 is 1.82 bits per heavy atom. The quantitative estimate of drug-likeness (QED) is 0.910. The molecule has 0 aromatic heterocycles. The van der Waals surface area contributed by atoms with Crippen LogP contribution in [0.1, 0.15) is 5.56 Å². The second-order valence-electron chi connectivity index (χ2n) is 4.63. The van der Waals surface area contributed by atoms with Crippen molar-refractivity contribution in [2.45, 2.75) is 11.5 Å². The molecule has 0 atom stereocenters. The fourth-order valence-electron chi connectivity index (χ4n) is 2.07. The number of hydrogen-bond donors (Lipinski definition) is 1. The molecule has 0 saturated heterocycles. The van der Waals surface area contributed by atoms with Crippen molar-refractivity contribution in [3.63, 3.8) is 0 Å². The smallest absolute Gasteiger partial charge is 0.244 e. The molecule has 1 N–H and O–H groups in total. The molecule has 0 amide bonds. The molecular weight excluding hydrogens is 306 g/mol. The highest BCUT2D eigenvalue weighted by Crippen LogP contribution is 2.40. The highest BCUT2D eigenvalue weighted by Gasteiger charge is 2.25. The molecule has 1 aliphatic rings. The van der Waals surface area contributed by atoms with Crippen LogP contribution in [0, 0.1) is 0 Å². The van der Waals surface area contributed by atoms with Gasteiger partial charge in [-0.1, -0.05) is 30.3 Å². The topological polar surface area (TPSA) is 73.9 Å². The van der Waals surface area contributed by atoms with E-state index in [1.807, 2.05) is 30.3 Å². The van der Waals surface area contributed by atoms with E-state index in [0.717, 1.165) is 5.56 Å². The van der Waals surface area contributed by atoms with Crippen molar-refractivity contribution in [2.75, 3.05) is 13.8 Å². The summed E-state index contributed by atoms with van der Waals surface area (Å²) in [5.74, 6) is 1.08. The van der Waals surface area contributed by atoms with Gasteiger partial charge in [-0.2, -0.15) is 0 Å². The van der Waals surface area contributed by atoms with Gasteiger partial charge in [0.1, 0.15) is 17.3 Å². The maximum atomic E-state index is 12.1. The van der Waals surface area contributed by atoms with E-state index in [9.17, 15) is 8.42 Å². The Bertz CT molecular complexity index is 774. The number of nitrogens with one attached hydrogen (secondary N) is 1. The predicted octanol–water partition coefficient (Wildman–Crippen LogP) is 1.90. The number of sulfonamides is 1. The molecule has 0 spiro atoms. The predicted molar refractivity (Wildman–Crippen MR) is 79.6 cm³/mol. The molecule has 3 rings (SSSR count). The number of ether oxygens (including phenoxy) is 3. The molecule has 0 fully saturated rings. The van der Waals surface area contributed by atoms with Crippen LogP contribution in [0.4, 0.5) is 0 Å². The first kappa shape index (κ1) is 14.7. The summed E-state index contributed by atoms with van der Waals surface area (Å²) in [6.07, 6.45) is 0. The van der Waals surface area contributed by atoms with Crippen LogP contribution in [0.25, 0.3) is 0 Å². The van der Waals surface area contributed by atoms with Crippen molar-refractivity contribution >= 4 is 10.0 Å². The van der Waals surface area contributed by atoms with Gasteiger partial charge in [-0.15, -0.1) is 0 Å². The lowest BCUT2D eigenvalue weighted by atomic mass is 10.2. The SMILES string of the molecule is CNS(=O)(=O)c1cc2c(cc1OCc1ccccc1)OCO2. The van der Waals surface area contributed by atoms with Gasteiger partial charge >= 0.3 is 0 Å². The third kappa shape index (κ3) is 2.86. The van der Waals surface area contributed by atoms with E-state index >= 15 is 0 Å². The molecule has 22 heavy (non-hydrogen) atoms. The van der Waals surface area contributed by atoms with Crippen LogP contribution in [-0.4, -0.2) is 22.3 Å². The molecule has 0 radical (unpaired) electrons. The zero-order valence-corrected chi connectivity index (χ0v) is 12.7. The second-order valence-corrected chi connectivity index (χ2v) is 6.49. The highest BCUT2D eigenvalue weighted by molar-refractivity contribution is 7.89. The van der Waals surface area contributed by atoms with Gasteiger partial charge in [-0.3, -0.25) is 0 Å². The Kier molecular flexibility index (Phi) is 3.91. The third-order valence-corrected chi connectivity index (χ3v) is 4.67. The maximum Gasteiger partial charge on any atom is 0.244 e. The van der Waals surface area contributed by atoms with E-state index < -0.39 is 10.0 Å². The third-order valence-electron chi connectivity index (χ3n) is 3.23. The standard InChI is InChI=1S/C15H15NO5S/c1-16-22(17,18)15-8-13-12(20-10-21-13)7-14(15)19-9-11-5-3-2-4-6-11/h2-8,16H,9-10H2,1H3. The van der Waals surface area contributed by atoms with E-state index in [4.69, 9.17) is 14.2 Å². The van der Waals surface area contributed by atoms with Crippen molar-refractivity contribution in [1.82, 2.24) is 4.72 Å². The fraction of sp³-hybridized carbons (Fsp3) is 0.200. The van der Waals surface area contributed by atoms with E-state index in [1.54, 1.807) is 0 Å². The van der Waals surface area contributed by atoms with Crippen LogP contribution >= 0.6 is 0 Å². The van der Waals surface area contributed by atoms with E-state index in [2.05, 4.69) is 4.72 Å². The lowest BCUT2D eigenvalue weighted by Crippen LogP contribution is -2.19. The summed E-state index contributed by atoms with van der Waals surface area (Å²) in [5, 5.41) is 0. The highest BCUT2D eigenvalue weighted by atomic mass is 32.2. The summed E-state index contributed by atoms with van der Waals surface area (Å²) >= 11 is 0. The fourth-order valence-corrected chi connectivity index (χ4v) is 2.94. The van der Waals surface area contributed by atoms with Gasteiger partial charge in [-0.25, -0.2) is 13.1 Å². The monoisotopic (exact) mass is 321 g/mol. The van der Waals surface area contributed by atoms with Crippen LogP contribution in [-0.2, 0) is 16.6 Å². The van der Waals surface area contributed by atoms with Crippen LogP contribution in [0.15, 0.2) is 47.4 Å². The minimum absolute atomic E-state index is 0.0233. The van der Waals surface area contributed by atoms with Crippen molar-refractivity contribution in [1.29, 1.82) is 0 Å². The summed E-state index contributed by atoms with van der Waals surface area (Å²) in [5.41, 5.74) is 0.938. The number of rotatable bonds is 5. The Morgan fingerprint density at radius 3 is 2.50 bits per heavy atom. The van der Waals surface area contributed by atoms with Gasteiger partial charge < -0.3 is 14.2 Å². The van der Waals surface area contributed by atoms with Crippen LogP contribution < -0.4 is 18.9 Å². The average Bonchev–Trinajstić information content (AvgIpc) is 3.00. The van der Waals surface area contributed by atoms with E-state index in [-0.39, 0.29) is 24.0 Å². The van der Waals surface area contributed by atoms with Crippen molar-refractivity contribution in [3.05, 3.63) is 48.0 Å². The number of hydrogen-bond acceptors (Lipinski definition) is 5. The molecule has 1 heterocycles. The average molecular weight is 321 g/mol. The van der Waals surface area contributed by atoms with Gasteiger partial charge in [0, 0.05) is 12.1 Å². The van der Waals surface area contributed by atoms with Gasteiger partial charge in [0.15, 0.2) is 11.5 Å². The maximum absolute atomic E-state index is 12.1. The van der Waals surface area contributed by atoms with Crippen molar-refractivity contribution in [2.24, 2.45) is 0 Å². The van der Waals surface area contributed by atoms with Crippen LogP contribution in [0.2, 0.25) is 0 Å². The molecule has 0 unspecified atom stereocenters. The lowest BCUT2D eigenvalue weighted by molar-refractivity contribution is 0.173. The zero-order chi connectivity index (χ0) is 15.6. The molecule has 0 saturated carbocycles. The van der Waals surface area contributed by atoms with Gasteiger partial charge in [-0.05, 0) is 12.6 Å². The Morgan fingerprint density at radius 1 is 1.14 bits per heavy atom. The Balaban J connectivity index is 1.95. The normalized spacial score (nSPS) is 13.1. The molecule has 1 aliphatic heterocycles. The Labute approximate surface area is 128 Å². The van der Waals surface area contributed by atoms with Crippen molar-refractivity contribution < 1.29 is 22.6 Å². The summed E-state index contributed by atoms with van der Waals surface area (Å²) in [7, 11) is -2.32. The summed E-state index contributed by atoms with van der Waals surface area (Å²) in [6.45, 7) is 0.323. The van der Waals surface area contributed by atoms with Crippen molar-refractivity contribution in [3.8, 4) is 17.2 Å². The minimum atomic E-state index is -3.67. The van der Waals surface area contributed by atoms with Gasteiger partial charge in [0.05, 0.1) is 0 Å². The molecular formula is C15H15NO5S. The van der Waals surface area contributed by atoms with E-state index in [0.29, 0.717) is 11.5 Å². The lowest BCUT2D eigenvalue weighted by Gasteiger charge is -2.12. The van der Waals surface area contributed by atoms with Crippen LogP contribution in [0.5, 0.6) is 17.2 Å². The second kappa shape index (κ2) is 5.86. The van der Waals surface area contributed by atoms with Crippen LogP contribution in [0.3, 0.4) is 0 Å². The zero-order valence-electron chi connectivity index (χ0n) is 11.9. The van der Waals surface area contributed by atoms with Gasteiger partial charge in [0.25, 0.3) is 0 Å². The molecule has 7 heteroatoms. The first-order valence-corrected chi connectivity index (χ1v) is 8.12. The van der Waals surface area contributed by atoms with Gasteiger partial charge in [0.2, 0.25) is 16.8 Å². The first-order valence-electron chi connectivity index (χ1n) is 6.64. The first-order chi connectivity index (χ1) is 10.6. The molecule has 116 valence electrons. The molecule has 0 bridgehead atoms. The Hall–Kier alpha value is -2.25. The summed E-state index contributed by atoms with van der Waals surface area (Å²) in [6, 6.07) is 12.4. The summed E-state index contributed by atoms with van der Waals surface area (Å²) < 4.78 is 42.8. The molecule has 6 nitrogen and oxygen atoms in total. The number of fused-ring (bicyclic) bond motifs is 1. The number of benzene rings is 2. The van der Waals surface area contributed by atoms with E-state index in [1.165, 1.54) is 19.2 Å². The molecule has 2 aromatic carbocycles. The molecule has 2 aromatic rings. The summed E-state index contributed by atoms with van der Waals surface area (Å²) in [4.78, 5) is 0.0233. The molecule has 0 aliphatic carbocycles.